The van der Waals surface area contributed by atoms with Gasteiger partial charge in [-0.2, -0.15) is 0 Å². The Hall–Kier alpha value is -2.22. The number of benzene rings is 2. The predicted molar refractivity (Wildman–Crippen MR) is 97.2 cm³/mol. The Kier molecular flexibility index (Phi) is 5.15. The smallest absolute Gasteiger partial charge is 0.259 e. The summed E-state index contributed by atoms with van der Waals surface area (Å²) < 4.78 is 14.5. The van der Waals surface area contributed by atoms with Gasteiger partial charge in [0.25, 0.3) is 5.91 Å². The first-order valence-corrected chi connectivity index (χ1v) is 7.47. The number of hydrogen-bond acceptors (Lipinski definition) is 3. The summed E-state index contributed by atoms with van der Waals surface area (Å²) in [5.74, 6) is -1.34. The lowest BCUT2D eigenvalue weighted by molar-refractivity contribution is 0.102. The first-order valence-electron chi connectivity index (χ1n) is 6.39. The Bertz CT molecular complexity index is 884. The second-order valence-electron chi connectivity index (χ2n) is 4.62. The van der Waals surface area contributed by atoms with Gasteiger partial charge in [-0.25, -0.2) is 4.39 Å². The molecule has 1 heterocycles. The van der Waals surface area contributed by atoms with Crippen LogP contribution < -0.4 is 5.32 Å². The summed E-state index contributed by atoms with van der Waals surface area (Å²) in [7, 11) is 0. The minimum Gasteiger partial charge on any atom is -0.505 e. The van der Waals surface area contributed by atoms with Crippen molar-refractivity contribution in [1.29, 1.82) is 0 Å². The molecule has 1 aromatic heterocycles. The van der Waals surface area contributed by atoms with E-state index in [-0.39, 0.29) is 24.4 Å². The number of anilines is 1. The van der Waals surface area contributed by atoms with E-state index in [1.807, 2.05) is 22.6 Å². The highest BCUT2D eigenvalue weighted by Gasteiger charge is 2.16. The minimum absolute atomic E-state index is 0. The molecule has 23 heavy (non-hydrogen) atoms. The number of nitrogens with zero attached hydrogens (tertiary/aromatic N) is 1. The van der Waals surface area contributed by atoms with Crippen LogP contribution in [0.4, 0.5) is 10.1 Å². The molecule has 0 aliphatic carbocycles. The number of aromatic hydroxyl groups is 1. The van der Waals surface area contributed by atoms with E-state index in [0.717, 1.165) is 8.96 Å². The lowest BCUT2D eigenvalue weighted by Crippen LogP contribution is -2.13. The Labute approximate surface area is 146 Å². The van der Waals surface area contributed by atoms with E-state index in [1.165, 1.54) is 24.4 Å². The number of phenolic OH excluding ortho intramolecular Hbond substituents is 1. The summed E-state index contributed by atoms with van der Waals surface area (Å²) in [5, 5.41) is 13.4. The van der Waals surface area contributed by atoms with Gasteiger partial charge in [0.05, 0.1) is 11.3 Å². The van der Waals surface area contributed by atoms with Crippen molar-refractivity contribution in [3.8, 4) is 5.75 Å². The zero-order chi connectivity index (χ0) is 15.7. The van der Waals surface area contributed by atoms with Crippen molar-refractivity contribution in [1.82, 2.24) is 4.98 Å². The molecular formula is C17H14FIN2O2. The van der Waals surface area contributed by atoms with Crippen LogP contribution in [0, 0.1) is 9.39 Å². The molecule has 0 bridgehead atoms. The van der Waals surface area contributed by atoms with E-state index >= 15 is 0 Å². The second-order valence-corrected chi connectivity index (χ2v) is 5.86. The largest absolute Gasteiger partial charge is 0.505 e. The molecule has 0 atom stereocenters. The van der Waals surface area contributed by atoms with Gasteiger partial charge in [0.1, 0.15) is 11.3 Å². The van der Waals surface area contributed by atoms with Gasteiger partial charge in [-0.05, 0) is 52.9 Å². The maximum Gasteiger partial charge on any atom is 0.259 e. The fraction of sp³-hybridized carbons (Fsp3) is 0.0588. The van der Waals surface area contributed by atoms with E-state index in [1.54, 1.807) is 24.3 Å². The molecule has 118 valence electrons. The van der Waals surface area contributed by atoms with Crippen molar-refractivity contribution in [3.05, 3.63) is 63.6 Å². The van der Waals surface area contributed by atoms with E-state index in [4.69, 9.17) is 0 Å². The normalized spacial score (nSPS) is 10.2. The lowest BCUT2D eigenvalue weighted by atomic mass is 10.1. The summed E-state index contributed by atoms with van der Waals surface area (Å²) in [6.45, 7) is 0. The quantitative estimate of drug-likeness (QED) is 0.593. The van der Waals surface area contributed by atoms with Gasteiger partial charge >= 0.3 is 0 Å². The number of pyridine rings is 1. The Morgan fingerprint density at radius 2 is 2.00 bits per heavy atom. The van der Waals surface area contributed by atoms with Crippen LogP contribution in [0.1, 0.15) is 17.8 Å². The van der Waals surface area contributed by atoms with E-state index < -0.39 is 11.7 Å². The van der Waals surface area contributed by atoms with Gasteiger partial charge in [0.15, 0.2) is 5.75 Å². The van der Waals surface area contributed by atoms with Crippen LogP contribution in [-0.2, 0) is 0 Å². The number of fused-ring (bicyclic) bond motifs is 1. The molecule has 4 nitrogen and oxygen atoms in total. The van der Waals surface area contributed by atoms with Crippen molar-refractivity contribution >= 4 is 45.1 Å². The molecule has 0 spiro atoms. The minimum atomic E-state index is -0.592. The molecule has 0 aliphatic rings. The standard InChI is InChI=1S/C16H10FIN2O2.CH4/c17-12-8-10(18)4-6-13(12)20-16(22)11-5-3-9-2-1-7-19-14(9)15(11)21;/h1-8,21H,(H,20,22);1H4. The van der Waals surface area contributed by atoms with Crippen molar-refractivity contribution in [2.75, 3.05) is 5.32 Å². The third-order valence-electron chi connectivity index (χ3n) is 3.17. The molecule has 6 heteroatoms. The van der Waals surface area contributed by atoms with Crippen molar-refractivity contribution in [2.45, 2.75) is 7.43 Å². The SMILES string of the molecule is C.O=C(Nc1ccc(I)cc1F)c1ccc2cccnc2c1O. The number of carbonyl (C=O) groups excluding carboxylic acids is 1. The average molecular weight is 424 g/mol. The molecule has 3 rings (SSSR count). The molecule has 0 fully saturated rings. The molecule has 3 aromatic rings. The van der Waals surface area contributed by atoms with Gasteiger partial charge in [-0.1, -0.05) is 19.6 Å². The van der Waals surface area contributed by atoms with Crippen molar-refractivity contribution < 1.29 is 14.3 Å². The van der Waals surface area contributed by atoms with E-state index in [0.29, 0.717) is 5.52 Å². The topological polar surface area (TPSA) is 62.2 Å². The molecule has 0 radical (unpaired) electrons. The highest BCUT2D eigenvalue weighted by Crippen LogP contribution is 2.28. The third-order valence-corrected chi connectivity index (χ3v) is 3.84. The number of rotatable bonds is 2. The van der Waals surface area contributed by atoms with Crippen LogP contribution in [0.15, 0.2) is 48.7 Å². The molecular weight excluding hydrogens is 410 g/mol. The predicted octanol–water partition coefficient (Wildman–Crippen LogP) is 4.57. The molecule has 1 amide bonds. The maximum atomic E-state index is 13.8. The van der Waals surface area contributed by atoms with E-state index in [2.05, 4.69) is 10.3 Å². The number of phenols is 1. The summed E-state index contributed by atoms with van der Waals surface area (Å²) in [5.41, 5.74) is 0.438. The Morgan fingerprint density at radius 3 is 2.74 bits per heavy atom. The molecule has 2 N–H and O–H groups in total. The fourth-order valence-corrected chi connectivity index (χ4v) is 2.55. The van der Waals surface area contributed by atoms with Crippen molar-refractivity contribution in [3.63, 3.8) is 0 Å². The molecule has 0 saturated heterocycles. The average Bonchev–Trinajstić information content (AvgIpc) is 2.50. The van der Waals surface area contributed by atoms with Crippen LogP contribution in [0.2, 0.25) is 0 Å². The Morgan fingerprint density at radius 1 is 1.22 bits per heavy atom. The molecule has 0 unspecified atom stereocenters. The first kappa shape index (κ1) is 17.1. The summed E-state index contributed by atoms with van der Waals surface area (Å²) in [4.78, 5) is 16.3. The zero-order valence-electron chi connectivity index (χ0n) is 11.2. The van der Waals surface area contributed by atoms with E-state index in [9.17, 15) is 14.3 Å². The number of hydrogen-bond donors (Lipinski definition) is 2. The number of nitrogens with one attached hydrogen (secondary N) is 1. The van der Waals surface area contributed by atoms with Crippen LogP contribution >= 0.6 is 22.6 Å². The highest BCUT2D eigenvalue weighted by molar-refractivity contribution is 14.1. The van der Waals surface area contributed by atoms with Gasteiger partial charge < -0.3 is 10.4 Å². The summed E-state index contributed by atoms with van der Waals surface area (Å²) in [6.07, 6.45) is 1.53. The van der Waals surface area contributed by atoms with Crippen molar-refractivity contribution in [2.24, 2.45) is 0 Å². The van der Waals surface area contributed by atoms with Gasteiger partial charge in [-0.15, -0.1) is 0 Å². The van der Waals surface area contributed by atoms with Gasteiger partial charge in [-0.3, -0.25) is 9.78 Å². The van der Waals surface area contributed by atoms with Crippen LogP contribution in [0.25, 0.3) is 10.9 Å². The summed E-state index contributed by atoms with van der Waals surface area (Å²) >= 11 is 1.98. The van der Waals surface area contributed by atoms with Gasteiger partial charge in [0, 0.05) is 15.2 Å². The second kappa shape index (κ2) is 6.91. The molecule has 2 aromatic carbocycles. The Balaban J connectivity index is 0.00000192. The highest BCUT2D eigenvalue weighted by atomic mass is 127. The van der Waals surface area contributed by atoms with Gasteiger partial charge in [0.2, 0.25) is 0 Å². The van der Waals surface area contributed by atoms with Crippen LogP contribution in [0.3, 0.4) is 0 Å². The van der Waals surface area contributed by atoms with Crippen LogP contribution in [-0.4, -0.2) is 16.0 Å². The molecule has 0 aliphatic heterocycles. The number of amides is 1. The monoisotopic (exact) mass is 424 g/mol. The first-order chi connectivity index (χ1) is 10.6. The summed E-state index contributed by atoms with van der Waals surface area (Å²) in [6, 6.07) is 11.2. The fourth-order valence-electron chi connectivity index (χ4n) is 2.09. The molecule has 0 saturated carbocycles. The van der Waals surface area contributed by atoms with Crippen LogP contribution in [0.5, 0.6) is 5.75 Å². The lowest BCUT2D eigenvalue weighted by Gasteiger charge is -2.09. The number of halogens is 2. The maximum absolute atomic E-state index is 13.8. The zero-order valence-corrected chi connectivity index (χ0v) is 13.3. The number of carbonyl (C=O) groups is 1. The third kappa shape index (κ3) is 3.42. The number of aromatic nitrogens is 1.